The molecule has 0 amide bonds. The Hall–Kier alpha value is -2.02. The van der Waals surface area contributed by atoms with E-state index in [4.69, 9.17) is 9.51 Å². The second-order valence-corrected chi connectivity index (χ2v) is 6.57. The van der Waals surface area contributed by atoms with E-state index < -0.39 is 5.60 Å². The lowest BCUT2D eigenvalue weighted by Crippen LogP contribution is -2.31. The maximum atomic E-state index is 10.9. The summed E-state index contributed by atoms with van der Waals surface area (Å²) in [6.07, 6.45) is 3.60. The Morgan fingerprint density at radius 1 is 1.35 bits per heavy atom. The molecule has 2 aromatic heterocycles. The highest BCUT2D eigenvalue weighted by Gasteiger charge is 2.43. The van der Waals surface area contributed by atoms with Crippen molar-refractivity contribution >= 4 is 5.82 Å². The molecule has 2 fully saturated rings. The van der Waals surface area contributed by atoms with Gasteiger partial charge < -0.3 is 14.5 Å². The zero-order chi connectivity index (χ0) is 16.0. The van der Waals surface area contributed by atoms with Gasteiger partial charge in [0, 0.05) is 37.1 Å². The van der Waals surface area contributed by atoms with Crippen molar-refractivity contribution in [3.8, 4) is 0 Å². The zero-order valence-electron chi connectivity index (χ0n) is 13.5. The SMILES string of the molecule is CCc1noc(C2(O)CCN(c3cc(C)nc(C4CC4)n3)C2)n1. The van der Waals surface area contributed by atoms with Gasteiger partial charge in [-0.05, 0) is 19.8 Å². The fourth-order valence-electron chi connectivity index (χ4n) is 3.01. The average molecular weight is 315 g/mol. The molecule has 1 unspecified atom stereocenters. The Kier molecular flexibility index (Phi) is 3.33. The normalized spacial score (nSPS) is 24.4. The quantitative estimate of drug-likeness (QED) is 0.918. The van der Waals surface area contributed by atoms with Crippen LogP contribution in [0.5, 0.6) is 0 Å². The lowest BCUT2D eigenvalue weighted by Gasteiger charge is -2.21. The third-order valence-electron chi connectivity index (χ3n) is 4.55. The van der Waals surface area contributed by atoms with Crippen LogP contribution in [-0.2, 0) is 12.0 Å². The van der Waals surface area contributed by atoms with Crippen molar-refractivity contribution in [3.63, 3.8) is 0 Å². The minimum absolute atomic E-state index is 0.310. The molecule has 7 heteroatoms. The summed E-state index contributed by atoms with van der Waals surface area (Å²) >= 11 is 0. The van der Waals surface area contributed by atoms with E-state index in [1.165, 1.54) is 12.8 Å². The van der Waals surface area contributed by atoms with E-state index in [9.17, 15) is 5.11 Å². The molecule has 2 aromatic rings. The van der Waals surface area contributed by atoms with Crippen molar-refractivity contribution in [2.45, 2.75) is 51.0 Å². The number of hydrogen-bond donors (Lipinski definition) is 1. The summed E-state index contributed by atoms with van der Waals surface area (Å²) in [4.78, 5) is 15.6. The first-order chi connectivity index (χ1) is 11.1. The monoisotopic (exact) mass is 315 g/mol. The highest BCUT2D eigenvalue weighted by atomic mass is 16.5. The van der Waals surface area contributed by atoms with Gasteiger partial charge in [0.05, 0.1) is 6.54 Å². The fraction of sp³-hybridized carbons (Fsp3) is 0.625. The summed E-state index contributed by atoms with van der Waals surface area (Å²) in [6.45, 7) is 5.08. The highest BCUT2D eigenvalue weighted by Crippen LogP contribution is 2.39. The summed E-state index contributed by atoms with van der Waals surface area (Å²) in [7, 11) is 0. The summed E-state index contributed by atoms with van der Waals surface area (Å²) in [5.74, 6) is 3.26. The van der Waals surface area contributed by atoms with Crippen LogP contribution in [0.25, 0.3) is 0 Å². The van der Waals surface area contributed by atoms with E-state index in [0.717, 1.165) is 17.3 Å². The van der Waals surface area contributed by atoms with Crippen LogP contribution in [0.3, 0.4) is 0 Å². The smallest absolute Gasteiger partial charge is 0.260 e. The number of aryl methyl sites for hydroxylation is 2. The van der Waals surface area contributed by atoms with Gasteiger partial charge in [0.15, 0.2) is 11.4 Å². The van der Waals surface area contributed by atoms with Crippen LogP contribution in [0.2, 0.25) is 0 Å². The molecule has 0 bridgehead atoms. The molecular weight excluding hydrogens is 294 g/mol. The summed E-state index contributed by atoms with van der Waals surface area (Å²) in [6, 6.07) is 1.98. The molecule has 1 atom stereocenters. The lowest BCUT2D eigenvalue weighted by atomic mass is 10.0. The molecule has 0 radical (unpaired) electrons. The maximum Gasteiger partial charge on any atom is 0.260 e. The number of rotatable bonds is 4. The van der Waals surface area contributed by atoms with Crippen LogP contribution < -0.4 is 4.90 Å². The van der Waals surface area contributed by atoms with Gasteiger partial charge in [-0.2, -0.15) is 4.98 Å². The maximum absolute atomic E-state index is 10.9. The Bertz CT molecular complexity index is 727. The van der Waals surface area contributed by atoms with Gasteiger partial charge >= 0.3 is 0 Å². The molecule has 0 spiro atoms. The Morgan fingerprint density at radius 2 is 2.17 bits per heavy atom. The Balaban J connectivity index is 1.58. The first-order valence-electron chi connectivity index (χ1n) is 8.23. The zero-order valence-corrected chi connectivity index (χ0v) is 13.5. The highest BCUT2D eigenvalue weighted by molar-refractivity contribution is 5.43. The number of aliphatic hydroxyl groups is 1. The molecule has 7 nitrogen and oxygen atoms in total. The van der Waals surface area contributed by atoms with Gasteiger partial charge in [0.1, 0.15) is 11.6 Å². The van der Waals surface area contributed by atoms with Gasteiger partial charge in [-0.1, -0.05) is 12.1 Å². The van der Waals surface area contributed by atoms with Crippen molar-refractivity contribution < 1.29 is 9.63 Å². The Labute approximate surface area is 134 Å². The van der Waals surface area contributed by atoms with Crippen molar-refractivity contribution in [1.82, 2.24) is 20.1 Å². The number of aromatic nitrogens is 4. The van der Waals surface area contributed by atoms with Crippen LogP contribution in [0.1, 0.15) is 55.3 Å². The molecule has 1 aliphatic carbocycles. The van der Waals surface area contributed by atoms with Crippen LogP contribution >= 0.6 is 0 Å². The van der Waals surface area contributed by atoms with Gasteiger partial charge in [-0.15, -0.1) is 0 Å². The third-order valence-corrected chi connectivity index (χ3v) is 4.55. The summed E-state index contributed by atoms with van der Waals surface area (Å²) in [5.41, 5.74) is -0.127. The van der Waals surface area contributed by atoms with Gasteiger partial charge in [0.25, 0.3) is 5.89 Å². The number of nitrogens with zero attached hydrogens (tertiary/aromatic N) is 5. The summed E-state index contributed by atoms with van der Waals surface area (Å²) in [5, 5.41) is 14.8. The van der Waals surface area contributed by atoms with Crippen molar-refractivity contribution in [3.05, 3.63) is 29.3 Å². The topological polar surface area (TPSA) is 88.2 Å². The van der Waals surface area contributed by atoms with E-state index in [1.54, 1.807) is 0 Å². The predicted molar refractivity (Wildman–Crippen MR) is 83.1 cm³/mol. The summed E-state index contributed by atoms with van der Waals surface area (Å²) < 4.78 is 5.25. The van der Waals surface area contributed by atoms with Crippen LogP contribution in [0, 0.1) is 6.92 Å². The Morgan fingerprint density at radius 3 is 2.87 bits per heavy atom. The van der Waals surface area contributed by atoms with Gasteiger partial charge in [-0.3, -0.25) is 0 Å². The van der Waals surface area contributed by atoms with Gasteiger partial charge in [-0.25, -0.2) is 9.97 Å². The van der Waals surface area contributed by atoms with Crippen LogP contribution in [-0.4, -0.2) is 38.3 Å². The minimum Gasteiger partial charge on any atom is -0.378 e. The minimum atomic E-state index is -1.10. The number of anilines is 1. The van der Waals surface area contributed by atoms with Crippen molar-refractivity contribution in [1.29, 1.82) is 0 Å². The van der Waals surface area contributed by atoms with E-state index >= 15 is 0 Å². The van der Waals surface area contributed by atoms with Crippen LogP contribution in [0.4, 0.5) is 5.82 Å². The van der Waals surface area contributed by atoms with E-state index in [0.29, 0.717) is 43.6 Å². The molecule has 2 aliphatic rings. The number of β-amino-alcohol motifs (C(OH)–C–C–N with tert-alkyl or cyclic N) is 1. The lowest BCUT2D eigenvalue weighted by molar-refractivity contribution is 0.0259. The second kappa shape index (κ2) is 5.26. The molecule has 0 aromatic carbocycles. The molecular formula is C16H21N5O2. The average Bonchev–Trinajstić information content (AvgIpc) is 3.13. The molecule has 1 saturated carbocycles. The standard InChI is InChI=1S/C16H21N5O2/c1-3-12-18-15(23-20-12)16(22)6-7-21(9-16)13-8-10(2)17-14(19-13)11-4-5-11/h8,11,22H,3-7,9H2,1-2H3. The fourth-order valence-corrected chi connectivity index (χ4v) is 3.01. The van der Waals surface area contributed by atoms with Crippen molar-refractivity contribution in [2.75, 3.05) is 18.0 Å². The molecule has 3 heterocycles. The van der Waals surface area contributed by atoms with Crippen molar-refractivity contribution in [2.24, 2.45) is 0 Å². The third kappa shape index (κ3) is 2.69. The largest absolute Gasteiger partial charge is 0.378 e. The number of hydrogen-bond acceptors (Lipinski definition) is 7. The molecule has 1 aliphatic heterocycles. The molecule has 1 saturated heterocycles. The van der Waals surface area contributed by atoms with Crippen LogP contribution in [0.15, 0.2) is 10.6 Å². The van der Waals surface area contributed by atoms with Gasteiger partial charge in [0.2, 0.25) is 0 Å². The second-order valence-electron chi connectivity index (χ2n) is 6.57. The molecule has 1 N–H and O–H groups in total. The van der Waals surface area contributed by atoms with E-state index in [2.05, 4.69) is 20.0 Å². The van der Waals surface area contributed by atoms with E-state index in [-0.39, 0.29) is 0 Å². The molecule has 122 valence electrons. The molecule has 23 heavy (non-hydrogen) atoms. The first-order valence-corrected chi connectivity index (χ1v) is 8.23. The van der Waals surface area contributed by atoms with E-state index in [1.807, 2.05) is 19.9 Å². The first kappa shape index (κ1) is 14.6. The predicted octanol–water partition coefficient (Wildman–Crippen LogP) is 1.71. The molecule has 4 rings (SSSR count).